The van der Waals surface area contributed by atoms with Crippen molar-refractivity contribution < 1.29 is 29.4 Å². The summed E-state index contributed by atoms with van der Waals surface area (Å²) < 4.78 is 0. The second-order valence-corrected chi connectivity index (χ2v) is 22.0. The number of nitrogens with two attached hydrogens (primary N) is 4. The van der Waals surface area contributed by atoms with Crippen molar-refractivity contribution in [3.05, 3.63) is 112 Å². The van der Waals surface area contributed by atoms with Gasteiger partial charge in [0.05, 0.1) is 16.5 Å². The molecular formula is C54H70BrN12O6PS3. The molecule has 23 heteroatoms. The lowest BCUT2D eigenvalue weighted by atomic mass is 10.0. The molecule has 1 aromatic heterocycles. The fraction of sp³-hybridized carbons (Fsp3) is 0.389. The Morgan fingerprint density at radius 2 is 1.17 bits per heavy atom. The maximum absolute atomic E-state index is 13.0. The molecule has 12 N–H and O–H groups in total. The number of benzene rings is 4. The first kappa shape index (κ1) is 60.4. The van der Waals surface area contributed by atoms with Gasteiger partial charge in [0.15, 0.2) is 21.2 Å². The van der Waals surface area contributed by atoms with E-state index in [-0.39, 0.29) is 59.9 Å². The van der Waals surface area contributed by atoms with Crippen LogP contribution < -0.4 is 43.4 Å². The van der Waals surface area contributed by atoms with Crippen molar-refractivity contribution in [1.29, 1.82) is 0 Å². The van der Waals surface area contributed by atoms with Gasteiger partial charge < -0.3 is 63.4 Å². The number of thiazole rings is 1. The van der Waals surface area contributed by atoms with Crippen LogP contribution in [0.2, 0.25) is 0 Å². The Hall–Kier alpha value is -5.87. The van der Waals surface area contributed by atoms with E-state index in [2.05, 4.69) is 92.5 Å². The number of nitrogens with zero attached hydrogens (tertiary/aromatic N) is 6. The van der Waals surface area contributed by atoms with Crippen LogP contribution in [0, 0.1) is 0 Å². The molecule has 4 saturated heterocycles. The first-order valence-electron chi connectivity index (χ1n) is 25.5. The number of primary amides is 2. The van der Waals surface area contributed by atoms with Gasteiger partial charge in [-0.15, -0.1) is 0 Å². The molecule has 412 valence electrons. The van der Waals surface area contributed by atoms with Gasteiger partial charge in [-0.3, -0.25) is 19.2 Å². The number of nitrogen functional groups attached to an aromatic ring is 1. The summed E-state index contributed by atoms with van der Waals surface area (Å²) in [4.78, 5) is 65.5. The summed E-state index contributed by atoms with van der Waals surface area (Å²) in [5.74, 6) is -1.66. The number of aromatic hydroxyl groups is 2. The van der Waals surface area contributed by atoms with Gasteiger partial charge in [0, 0.05) is 72.1 Å². The molecule has 0 aliphatic carbocycles. The fourth-order valence-corrected chi connectivity index (χ4v) is 11.7. The molecule has 4 aliphatic rings. The molecule has 5 aromatic rings. The summed E-state index contributed by atoms with van der Waals surface area (Å²) in [6, 6.07) is 26.1. The first-order valence-corrected chi connectivity index (χ1v) is 28.8. The Labute approximate surface area is 475 Å². The summed E-state index contributed by atoms with van der Waals surface area (Å²) in [7, 11) is 0. The first-order chi connectivity index (χ1) is 36.6. The number of rotatable bonds is 14. The van der Waals surface area contributed by atoms with E-state index in [9.17, 15) is 29.4 Å². The molecule has 0 bridgehead atoms. The number of anilines is 6. The number of thiocarbonyl (C=S) groups is 1. The van der Waals surface area contributed by atoms with E-state index in [0.717, 1.165) is 66.7 Å². The third-order valence-electron chi connectivity index (χ3n) is 13.8. The summed E-state index contributed by atoms with van der Waals surface area (Å²) in [5.41, 5.74) is 26.7. The number of alkyl halides is 1. The molecule has 0 saturated carbocycles. The molecule has 1 atom stereocenters. The highest BCUT2D eigenvalue weighted by atomic mass is 79.9. The normalized spacial score (nSPS) is 16.3. The van der Waals surface area contributed by atoms with Crippen molar-refractivity contribution in [3.63, 3.8) is 0 Å². The number of Topliss-reactive ketones (excluding diaryl/α,β-unsaturated/α-hetero) is 1. The minimum Gasteiger partial charge on any atom is -0.507 e. The van der Waals surface area contributed by atoms with Gasteiger partial charge in [-0.2, -0.15) is 14.9 Å². The van der Waals surface area contributed by atoms with Gasteiger partial charge in [0.25, 0.3) is 11.8 Å². The van der Waals surface area contributed by atoms with Gasteiger partial charge in [-0.05, 0) is 180 Å². The van der Waals surface area contributed by atoms with Crippen LogP contribution >= 0.6 is 61.1 Å². The number of piperidine rings is 2. The van der Waals surface area contributed by atoms with Gasteiger partial charge >= 0.3 is 0 Å². The lowest BCUT2D eigenvalue weighted by molar-refractivity contribution is 0.0987. The van der Waals surface area contributed by atoms with Gasteiger partial charge in [0.1, 0.15) is 22.2 Å². The number of nitrogens with one attached hydrogen (secondary N) is 2. The van der Waals surface area contributed by atoms with Crippen molar-refractivity contribution in [3.8, 4) is 11.5 Å². The molecule has 1 unspecified atom stereocenters. The maximum Gasteiger partial charge on any atom is 0.252 e. The zero-order chi connectivity index (χ0) is 54.3. The molecule has 2 amide bonds. The number of aliphatic imine (C=N–C) groups is 1. The molecule has 9 rings (SSSR count). The molecule has 4 fully saturated rings. The average molecular weight is 1190 g/mol. The Kier molecular flexibility index (Phi) is 22.9. The standard InChI is InChI=1S/C26H30N6O3S.C19H29N5S2.C9H8BrNO3.H3P/c27-24-23(22(34)16-3-8-21(33)20(15-16)25(28)35)36-26(30-24)29-17-4-6-18(7-5-17)32-13-9-19(10-14-32)31-11-1-2-12-31;1-2-26-18(20)22-19(25)21-15-5-7-16(8-6-15)24-13-9-17(10-14-24)23-11-3-4-12-23;10-4-8(13)5-1-2-7(12)6(3-5)9(11)14;/h3-8,15,19,33H,1-2,9-14,27H2,(H2,28,35)(H,29,30);5-8,17H,2-4,9-14H2,1H3,(H3,20,21,22,25);1-3,12H,4H2,(H2,11,14);1H3. The van der Waals surface area contributed by atoms with E-state index < -0.39 is 17.6 Å². The number of carbonyl (C=O) groups excluding carboxylic acids is 4. The Morgan fingerprint density at radius 3 is 1.62 bits per heavy atom. The number of thioether (sulfide) groups is 1. The third-order valence-corrected chi connectivity index (χ3v) is 16.2. The molecule has 18 nitrogen and oxygen atoms in total. The molecular weight excluding hydrogens is 1120 g/mol. The van der Waals surface area contributed by atoms with Crippen molar-refractivity contribution in [2.75, 3.05) is 89.6 Å². The van der Waals surface area contributed by atoms with Crippen LogP contribution in [-0.4, -0.2) is 134 Å². The highest BCUT2D eigenvalue weighted by Crippen LogP contribution is 2.33. The van der Waals surface area contributed by atoms with Crippen molar-refractivity contribution in [1.82, 2.24) is 14.8 Å². The number of amidine groups is 1. The lowest BCUT2D eigenvalue weighted by Gasteiger charge is -2.37. The lowest BCUT2D eigenvalue weighted by Crippen LogP contribution is -2.43. The second kappa shape index (κ2) is 29.2. The largest absolute Gasteiger partial charge is 0.507 e. The van der Waals surface area contributed by atoms with Crippen LogP contribution in [0.25, 0.3) is 0 Å². The minimum atomic E-state index is -0.818. The highest BCUT2D eigenvalue weighted by molar-refractivity contribution is 9.09. The van der Waals surface area contributed by atoms with Gasteiger partial charge in [0.2, 0.25) is 5.78 Å². The van der Waals surface area contributed by atoms with Crippen molar-refractivity contribution in [2.45, 2.75) is 70.4 Å². The highest BCUT2D eigenvalue weighted by Gasteiger charge is 2.28. The molecule has 77 heavy (non-hydrogen) atoms. The SMILES string of the molecule is CCSC(N)=NC(=S)Nc1ccc(N2CCC(N3CCCC3)CC2)cc1.NC(=O)c1cc(C(=O)CBr)ccc1O.NC(=O)c1cc(C(=O)c2sc(Nc3ccc(N4CCC(N5CCCC5)CC4)cc3)nc2N)ccc1O.P. The van der Waals surface area contributed by atoms with E-state index in [1.54, 1.807) is 0 Å². The summed E-state index contributed by atoms with van der Waals surface area (Å²) in [5, 5.41) is 26.9. The number of likely N-dealkylation sites (tertiary alicyclic amines) is 2. The fourth-order valence-electron chi connectivity index (χ4n) is 9.80. The smallest absolute Gasteiger partial charge is 0.252 e. The van der Waals surface area contributed by atoms with Crippen LogP contribution in [0.5, 0.6) is 11.5 Å². The number of amides is 2. The minimum absolute atomic E-state index is 0. The second-order valence-electron chi connectivity index (χ2n) is 18.8. The zero-order valence-electron chi connectivity index (χ0n) is 43.3. The summed E-state index contributed by atoms with van der Waals surface area (Å²) in [6.07, 6.45) is 10.4. The van der Waals surface area contributed by atoms with Crippen LogP contribution in [0.4, 0.5) is 33.7 Å². The average Bonchev–Trinajstić information content (AvgIpc) is 4.24. The van der Waals surface area contributed by atoms with Crippen molar-refractivity contribution >= 4 is 129 Å². The van der Waals surface area contributed by atoms with E-state index in [4.69, 9.17) is 35.2 Å². The van der Waals surface area contributed by atoms with Gasteiger partial charge in [-0.1, -0.05) is 46.0 Å². The Balaban J connectivity index is 0.000000205. The molecule has 0 radical (unpaired) electrons. The van der Waals surface area contributed by atoms with Crippen LogP contribution in [-0.2, 0) is 0 Å². The predicted octanol–water partition coefficient (Wildman–Crippen LogP) is 8.21. The van der Waals surface area contributed by atoms with Gasteiger partial charge in [-0.25, -0.2) is 4.98 Å². The molecule has 4 aromatic carbocycles. The molecule has 4 aliphatic heterocycles. The van der Waals surface area contributed by atoms with E-state index in [1.807, 2.05) is 19.1 Å². The summed E-state index contributed by atoms with van der Waals surface area (Å²) in [6.45, 7) is 11.6. The van der Waals surface area contributed by atoms with Crippen molar-refractivity contribution in [2.24, 2.45) is 22.2 Å². The zero-order valence-corrected chi connectivity index (χ0v) is 48.7. The van der Waals surface area contributed by atoms with Crippen LogP contribution in [0.3, 0.4) is 0 Å². The number of phenols is 2. The predicted molar refractivity (Wildman–Crippen MR) is 327 cm³/mol. The van der Waals surface area contributed by atoms with Crippen LogP contribution in [0.15, 0.2) is 89.9 Å². The number of hydrogen-bond acceptors (Lipinski definition) is 16. The third kappa shape index (κ3) is 16.8. The Morgan fingerprint density at radius 1 is 0.714 bits per heavy atom. The molecule has 0 spiro atoms. The molecule has 5 heterocycles. The number of hydrogen-bond donors (Lipinski definition) is 8. The topological polar surface area (TPSA) is 275 Å². The quantitative estimate of drug-likeness (QED) is 0.0130. The monoisotopic (exact) mass is 1190 g/mol. The number of halogens is 1. The van der Waals surface area contributed by atoms with Crippen LogP contribution in [0.1, 0.15) is 105 Å². The Bertz CT molecular complexity index is 2850. The number of aromatic nitrogens is 1. The van der Waals surface area contributed by atoms with E-state index >= 15 is 0 Å². The van der Waals surface area contributed by atoms with E-state index in [0.29, 0.717) is 21.0 Å². The maximum atomic E-state index is 13.0. The number of ketones is 2. The summed E-state index contributed by atoms with van der Waals surface area (Å²) >= 11 is 10.9. The van der Waals surface area contributed by atoms with E-state index in [1.165, 1.54) is 137 Å². The number of carbonyl (C=O) groups is 4.